The Hall–Kier alpha value is -0.0800. The Morgan fingerprint density at radius 2 is 1.65 bits per heavy atom. The third-order valence-corrected chi connectivity index (χ3v) is 5.16. The molecule has 1 heterocycles. The molecule has 1 N–H and O–H groups in total. The van der Waals surface area contributed by atoms with Gasteiger partial charge in [0.25, 0.3) is 0 Å². The second kappa shape index (κ2) is 6.19. The van der Waals surface area contributed by atoms with Crippen LogP contribution >= 0.6 is 0 Å². The molecule has 1 aliphatic heterocycles. The molecule has 1 saturated heterocycles. The lowest BCUT2D eigenvalue weighted by molar-refractivity contribution is 0.0945. The first-order valence-electron chi connectivity index (χ1n) is 7.65. The fourth-order valence-corrected chi connectivity index (χ4v) is 3.99. The fraction of sp³-hybridized carbons (Fsp3) is 1.00. The zero-order chi connectivity index (χ0) is 12.3. The van der Waals surface area contributed by atoms with Gasteiger partial charge in [0.15, 0.2) is 0 Å². The lowest BCUT2D eigenvalue weighted by Gasteiger charge is -2.39. The molecule has 0 aromatic rings. The lowest BCUT2D eigenvalue weighted by atomic mass is 9.94. The molecule has 2 aliphatic rings. The molecule has 2 unspecified atom stereocenters. The summed E-state index contributed by atoms with van der Waals surface area (Å²) in [5, 5.41) is 3.51. The third-order valence-electron chi connectivity index (χ3n) is 5.16. The Balaban J connectivity index is 1.80. The summed E-state index contributed by atoms with van der Waals surface area (Å²) in [6.07, 6.45) is 9.92. The van der Waals surface area contributed by atoms with Gasteiger partial charge >= 0.3 is 0 Å². The van der Waals surface area contributed by atoms with Crippen molar-refractivity contribution in [2.75, 3.05) is 13.6 Å². The van der Waals surface area contributed by atoms with E-state index in [0.29, 0.717) is 0 Å². The van der Waals surface area contributed by atoms with E-state index in [1.807, 2.05) is 0 Å². The van der Waals surface area contributed by atoms with Gasteiger partial charge in [0, 0.05) is 18.1 Å². The Morgan fingerprint density at radius 3 is 2.29 bits per heavy atom. The van der Waals surface area contributed by atoms with Crippen LogP contribution < -0.4 is 5.32 Å². The van der Waals surface area contributed by atoms with Crippen molar-refractivity contribution in [3.05, 3.63) is 0 Å². The molecule has 4 atom stereocenters. The van der Waals surface area contributed by atoms with Crippen LogP contribution in [0.25, 0.3) is 0 Å². The Morgan fingerprint density at radius 1 is 1.00 bits per heavy atom. The average molecular weight is 238 g/mol. The standard InChI is InChI=1S/C15H30N2/c1-12-6-4-7-13(2)17(12)11-10-14-8-5-9-15(14)16-3/h12-16H,4-11H2,1-3H3/t12-,13+,14?,15?. The summed E-state index contributed by atoms with van der Waals surface area (Å²) < 4.78 is 0. The Labute approximate surface area is 107 Å². The average Bonchev–Trinajstić information content (AvgIpc) is 2.76. The van der Waals surface area contributed by atoms with Gasteiger partial charge < -0.3 is 5.32 Å². The van der Waals surface area contributed by atoms with Gasteiger partial charge in [-0.25, -0.2) is 0 Å². The number of nitrogens with one attached hydrogen (secondary N) is 1. The van der Waals surface area contributed by atoms with Gasteiger partial charge in [-0.2, -0.15) is 0 Å². The van der Waals surface area contributed by atoms with E-state index in [2.05, 4.69) is 31.1 Å². The molecule has 0 bridgehead atoms. The zero-order valence-corrected chi connectivity index (χ0v) is 11.9. The van der Waals surface area contributed by atoms with Gasteiger partial charge in [-0.15, -0.1) is 0 Å². The van der Waals surface area contributed by atoms with Gasteiger partial charge in [-0.3, -0.25) is 4.90 Å². The molecule has 100 valence electrons. The molecule has 0 aromatic carbocycles. The highest BCUT2D eigenvalue weighted by Gasteiger charge is 2.29. The maximum absolute atomic E-state index is 3.51. The SMILES string of the molecule is CNC1CCCC1CCN1[C@H](C)CCC[C@@H]1C. The molecule has 0 aromatic heterocycles. The van der Waals surface area contributed by atoms with Crippen LogP contribution in [0.4, 0.5) is 0 Å². The van der Waals surface area contributed by atoms with Gasteiger partial charge in [0.1, 0.15) is 0 Å². The molecule has 2 fully saturated rings. The fourth-order valence-electron chi connectivity index (χ4n) is 3.99. The first kappa shape index (κ1) is 13.4. The van der Waals surface area contributed by atoms with Crippen molar-refractivity contribution >= 4 is 0 Å². The summed E-state index contributed by atoms with van der Waals surface area (Å²) in [6, 6.07) is 2.42. The first-order valence-corrected chi connectivity index (χ1v) is 7.65. The molecule has 2 rings (SSSR count). The quantitative estimate of drug-likeness (QED) is 0.810. The van der Waals surface area contributed by atoms with Crippen LogP contribution in [0.2, 0.25) is 0 Å². The van der Waals surface area contributed by atoms with Crippen molar-refractivity contribution in [2.24, 2.45) is 5.92 Å². The lowest BCUT2D eigenvalue weighted by Crippen LogP contribution is -2.45. The van der Waals surface area contributed by atoms with Gasteiger partial charge in [0.2, 0.25) is 0 Å². The maximum Gasteiger partial charge on any atom is 0.00928 e. The first-order chi connectivity index (χ1) is 8.22. The zero-order valence-electron chi connectivity index (χ0n) is 11.9. The van der Waals surface area contributed by atoms with Crippen molar-refractivity contribution in [2.45, 2.75) is 76.9 Å². The van der Waals surface area contributed by atoms with Crippen LogP contribution in [0.5, 0.6) is 0 Å². The molecule has 1 aliphatic carbocycles. The van der Waals surface area contributed by atoms with Crippen LogP contribution in [0, 0.1) is 5.92 Å². The van der Waals surface area contributed by atoms with Crippen molar-refractivity contribution in [1.29, 1.82) is 0 Å². The smallest absolute Gasteiger partial charge is 0.00928 e. The third kappa shape index (κ3) is 3.23. The van der Waals surface area contributed by atoms with E-state index in [0.717, 1.165) is 24.0 Å². The minimum Gasteiger partial charge on any atom is -0.317 e. The van der Waals surface area contributed by atoms with E-state index in [-0.39, 0.29) is 0 Å². The maximum atomic E-state index is 3.51. The largest absolute Gasteiger partial charge is 0.317 e. The number of nitrogens with zero attached hydrogens (tertiary/aromatic N) is 1. The van der Waals surface area contributed by atoms with Crippen molar-refractivity contribution in [3.63, 3.8) is 0 Å². The summed E-state index contributed by atoms with van der Waals surface area (Å²) in [5.41, 5.74) is 0. The molecule has 17 heavy (non-hydrogen) atoms. The molecule has 0 spiro atoms. The van der Waals surface area contributed by atoms with E-state index in [4.69, 9.17) is 0 Å². The number of hydrogen-bond acceptors (Lipinski definition) is 2. The molecule has 2 heteroatoms. The summed E-state index contributed by atoms with van der Waals surface area (Å²) in [4.78, 5) is 2.76. The summed E-state index contributed by atoms with van der Waals surface area (Å²) in [5.74, 6) is 0.932. The van der Waals surface area contributed by atoms with Crippen LogP contribution in [0.3, 0.4) is 0 Å². The van der Waals surface area contributed by atoms with Gasteiger partial charge in [0.05, 0.1) is 0 Å². The minimum atomic E-state index is 0.797. The van der Waals surface area contributed by atoms with Crippen LogP contribution in [0.15, 0.2) is 0 Å². The summed E-state index contributed by atoms with van der Waals surface area (Å²) >= 11 is 0. The van der Waals surface area contributed by atoms with Crippen molar-refractivity contribution in [1.82, 2.24) is 10.2 Å². The monoisotopic (exact) mass is 238 g/mol. The normalized spacial score (nSPS) is 39.7. The van der Waals surface area contributed by atoms with Crippen molar-refractivity contribution in [3.8, 4) is 0 Å². The Bertz CT molecular complexity index is 219. The molecule has 0 radical (unpaired) electrons. The number of rotatable bonds is 4. The van der Waals surface area contributed by atoms with E-state index >= 15 is 0 Å². The van der Waals surface area contributed by atoms with Crippen LogP contribution in [0.1, 0.15) is 58.8 Å². The number of likely N-dealkylation sites (tertiary alicyclic amines) is 1. The Kier molecular flexibility index (Phi) is 4.87. The van der Waals surface area contributed by atoms with E-state index in [9.17, 15) is 0 Å². The second-order valence-electron chi connectivity index (χ2n) is 6.24. The number of hydrogen-bond donors (Lipinski definition) is 1. The molecular formula is C15H30N2. The minimum absolute atomic E-state index is 0.797. The summed E-state index contributed by atoms with van der Waals surface area (Å²) in [7, 11) is 2.13. The summed E-state index contributed by atoms with van der Waals surface area (Å²) in [6.45, 7) is 6.16. The van der Waals surface area contributed by atoms with Gasteiger partial charge in [-0.05, 0) is 65.5 Å². The highest BCUT2D eigenvalue weighted by molar-refractivity contribution is 4.85. The highest BCUT2D eigenvalue weighted by atomic mass is 15.2. The predicted octanol–water partition coefficient (Wildman–Crippen LogP) is 3.03. The molecular weight excluding hydrogens is 208 g/mol. The second-order valence-corrected chi connectivity index (χ2v) is 6.24. The van der Waals surface area contributed by atoms with Gasteiger partial charge in [-0.1, -0.05) is 12.8 Å². The van der Waals surface area contributed by atoms with E-state index < -0.39 is 0 Å². The van der Waals surface area contributed by atoms with Crippen LogP contribution in [-0.4, -0.2) is 36.6 Å². The highest BCUT2D eigenvalue weighted by Crippen LogP contribution is 2.30. The van der Waals surface area contributed by atoms with Crippen LogP contribution in [-0.2, 0) is 0 Å². The van der Waals surface area contributed by atoms with E-state index in [1.54, 1.807) is 0 Å². The number of piperidine rings is 1. The molecule has 1 saturated carbocycles. The predicted molar refractivity (Wildman–Crippen MR) is 74.3 cm³/mol. The molecule has 0 amide bonds. The molecule has 2 nitrogen and oxygen atoms in total. The topological polar surface area (TPSA) is 15.3 Å². The van der Waals surface area contributed by atoms with E-state index in [1.165, 1.54) is 51.5 Å². The van der Waals surface area contributed by atoms with Crippen molar-refractivity contribution < 1.29 is 0 Å².